The molecule has 0 saturated carbocycles. The van der Waals surface area contributed by atoms with Gasteiger partial charge in [0.25, 0.3) is 5.91 Å². The van der Waals surface area contributed by atoms with Crippen LogP contribution < -0.4 is 5.73 Å². The maximum Gasteiger partial charge on any atom is 0.250 e. The molecule has 5 nitrogen and oxygen atoms in total. The molecule has 3 heterocycles. The van der Waals surface area contributed by atoms with Crippen LogP contribution in [0.25, 0.3) is 0 Å². The third-order valence-electron chi connectivity index (χ3n) is 4.61. The lowest BCUT2D eigenvalue weighted by Crippen LogP contribution is -2.44. The second kappa shape index (κ2) is 5.97. The number of primary amides is 1. The van der Waals surface area contributed by atoms with Gasteiger partial charge in [0.15, 0.2) is 0 Å². The number of nitrogens with one attached hydrogen (secondary N) is 1. The van der Waals surface area contributed by atoms with Gasteiger partial charge < -0.3 is 15.5 Å². The Labute approximate surface area is 119 Å². The number of piperidine rings is 1. The Kier molecular flexibility index (Phi) is 4.08. The molecule has 110 valence electrons. The number of aromatic nitrogens is 1. The number of ether oxygens (including phenoxy) is 1. The first-order valence-electron chi connectivity index (χ1n) is 7.54. The average Bonchev–Trinajstić information content (AvgIpc) is 2.98. The van der Waals surface area contributed by atoms with Crippen molar-refractivity contribution in [3.8, 4) is 0 Å². The lowest BCUT2D eigenvalue weighted by atomic mass is 9.90. The van der Waals surface area contributed by atoms with E-state index in [0.29, 0.717) is 17.5 Å². The number of amides is 1. The van der Waals surface area contributed by atoms with Gasteiger partial charge in [0.1, 0.15) is 0 Å². The van der Waals surface area contributed by atoms with Crippen molar-refractivity contribution < 1.29 is 9.53 Å². The largest absolute Gasteiger partial charge is 0.381 e. The van der Waals surface area contributed by atoms with Gasteiger partial charge >= 0.3 is 0 Å². The monoisotopic (exact) mass is 277 g/mol. The fourth-order valence-electron chi connectivity index (χ4n) is 3.56. The zero-order valence-electron chi connectivity index (χ0n) is 11.8. The number of nitrogens with zero attached hydrogens (tertiary/aromatic N) is 1. The molecule has 2 saturated heterocycles. The van der Waals surface area contributed by atoms with Crippen LogP contribution in [-0.4, -0.2) is 48.1 Å². The van der Waals surface area contributed by atoms with Gasteiger partial charge in [0.2, 0.25) is 0 Å². The number of H-pyrrole nitrogens is 1. The smallest absolute Gasteiger partial charge is 0.250 e. The lowest BCUT2D eigenvalue weighted by molar-refractivity contribution is 0.0237. The summed E-state index contributed by atoms with van der Waals surface area (Å²) in [5.74, 6) is 0.0635. The lowest BCUT2D eigenvalue weighted by Gasteiger charge is -2.39. The number of rotatable bonds is 3. The van der Waals surface area contributed by atoms with Gasteiger partial charge in [-0.3, -0.25) is 9.69 Å². The van der Waals surface area contributed by atoms with Gasteiger partial charge in [-0.1, -0.05) is 0 Å². The predicted octanol–water partition coefficient (Wildman–Crippen LogP) is 1.47. The molecule has 1 aromatic rings. The number of carbonyl (C=O) groups is 1. The minimum absolute atomic E-state index is 0.329. The average molecular weight is 277 g/mol. The van der Waals surface area contributed by atoms with Crippen molar-refractivity contribution in [2.24, 2.45) is 5.73 Å². The van der Waals surface area contributed by atoms with Crippen molar-refractivity contribution in [3.63, 3.8) is 0 Å². The fourth-order valence-corrected chi connectivity index (χ4v) is 3.56. The Morgan fingerprint density at radius 2 is 2.15 bits per heavy atom. The van der Waals surface area contributed by atoms with E-state index in [4.69, 9.17) is 10.5 Å². The van der Waals surface area contributed by atoms with Crippen LogP contribution in [0.4, 0.5) is 0 Å². The Hall–Kier alpha value is -1.33. The van der Waals surface area contributed by atoms with E-state index in [0.717, 1.165) is 51.3 Å². The van der Waals surface area contributed by atoms with E-state index in [1.807, 2.05) is 6.20 Å². The summed E-state index contributed by atoms with van der Waals surface area (Å²) in [5.41, 5.74) is 7.13. The number of likely N-dealkylation sites (tertiary alicyclic amines) is 1. The summed E-state index contributed by atoms with van der Waals surface area (Å²) in [6.07, 6.45) is 6.38. The van der Waals surface area contributed by atoms with E-state index in [1.54, 1.807) is 6.07 Å². The molecule has 2 aliphatic rings. The number of hydrogen-bond acceptors (Lipinski definition) is 3. The van der Waals surface area contributed by atoms with Crippen molar-refractivity contribution >= 4 is 5.91 Å². The van der Waals surface area contributed by atoms with Crippen LogP contribution in [0.1, 0.15) is 47.7 Å². The van der Waals surface area contributed by atoms with E-state index < -0.39 is 0 Å². The topological polar surface area (TPSA) is 71.4 Å². The third-order valence-corrected chi connectivity index (χ3v) is 4.61. The van der Waals surface area contributed by atoms with Crippen LogP contribution in [0.2, 0.25) is 0 Å². The summed E-state index contributed by atoms with van der Waals surface area (Å²) >= 11 is 0. The molecule has 0 bridgehead atoms. The van der Waals surface area contributed by atoms with E-state index in [1.165, 1.54) is 6.42 Å². The minimum Gasteiger partial charge on any atom is -0.381 e. The van der Waals surface area contributed by atoms with Crippen LogP contribution in [0.5, 0.6) is 0 Å². The second-order valence-electron chi connectivity index (χ2n) is 5.85. The molecule has 1 atom stereocenters. The van der Waals surface area contributed by atoms with Crippen molar-refractivity contribution in [3.05, 3.63) is 23.5 Å². The van der Waals surface area contributed by atoms with Gasteiger partial charge in [0, 0.05) is 43.6 Å². The molecule has 3 N–H and O–H groups in total. The van der Waals surface area contributed by atoms with Crippen LogP contribution in [-0.2, 0) is 4.74 Å². The van der Waals surface area contributed by atoms with Gasteiger partial charge in [-0.25, -0.2) is 0 Å². The number of nitrogens with two attached hydrogens (primary N) is 1. The highest BCUT2D eigenvalue weighted by Crippen LogP contribution is 2.30. The number of hydrogen-bond donors (Lipinski definition) is 2. The SMILES string of the molecule is NC(=O)c1cc[nH]c1C1CCCN(C2CCOCC2)C1. The maximum atomic E-state index is 11.5. The van der Waals surface area contributed by atoms with Gasteiger partial charge in [0.05, 0.1) is 5.56 Å². The summed E-state index contributed by atoms with van der Waals surface area (Å²) in [6.45, 7) is 3.93. The van der Waals surface area contributed by atoms with Crippen LogP contribution in [0.3, 0.4) is 0 Å². The molecule has 0 aromatic carbocycles. The zero-order chi connectivity index (χ0) is 13.9. The molecule has 3 rings (SSSR count). The normalized spacial score (nSPS) is 25.7. The van der Waals surface area contributed by atoms with E-state index in [2.05, 4.69) is 9.88 Å². The second-order valence-corrected chi connectivity index (χ2v) is 5.85. The Morgan fingerprint density at radius 3 is 2.90 bits per heavy atom. The summed E-state index contributed by atoms with van der Waals surface area (Å²) in [4.78, 5) is 17.3. The Morgan fingerprint density at radius 1 is 1.35 bits per heavy atom. The summed E-state index contributed by atoms with van der Waals surface area (Å²) in [5, 5.41) is 0. The van der Waals surface area contributed by atoms with Gasteiger partial charge in [-0.05, 0) is 38.3 Å². The van der Waals surface area contributed by atoms with E-state index in [-0.39, 0.29) is 5.91 Å². The third kappa shape index (κ3) is 2.74. The summed E-state index contributed by atoms with van der Waals surface area (Å²) in [7, 11) is 0. The molecule has 5 heteroatoms. The van der Waals surface area contributed by atoms with E-state index >= 15 is 0 Å². The van der Waals surface area contributed by atoms with Crippen molar-refractivity contribution in [1.82, 2.24) is 9.88 Å². The van der Waals surface area contributed by atoms with Crippen LogP contribution in [0.15, 0.2) is 12.3 Å². The molecule has 2 aliphatic heterocycles. The molecule has 1 aromatic heterocycles. The Balaban J connectivity index is 1.71. The molecule has 0 aliphatic carbocycles. The first-order chi connectivity index (χ1) is 9.75. The zero-order valence-corrected chi connectivity index (χ0v) is 11.8. The van der Waals surface area contributed by atoms with Crippen LogP contribution in [0, 0.1) is 0 Å². The Bertz CT molecular complexity index is 465. The highest BCUT2D eigenvalue weighted by atomic mass is 16.5. The first-order valence-corrected chi connectivity index (χ1v) is 7.54. The van der Waals surface area contributed by atoms with Crippen molar-refractivity contribution in [2.75, 3.05) is 26.3 Å². The highest BCUT2D eigenvalue weighted by Gasteiger charge is 2.30. The molecule has 0 spiro atoms. The van der Waals surface area contributed by atoms with Gasteiger partial charge in [-0.2, -0.15) is 0 Å². The predicted molar refractivity (Wildman–Crippen MR) is 76.7 cm³/mol. The quantitative estimate of drug-likeness (QED) is 0.879. The number of aromatic amines is 1. The van der Waals surface area contributed by atoms with Crippen molar-refractivity contribution in [2.45, 2.75) is 37.6 Å². The molecule has 2 fully saturated rings. The minimum atomic E-state index is -0.329. The molecular formula is C15H23N3O2. The molecule has 1 amide bonds. The summed E-state index contributed by atoms with van der Waals surface area (Å²) < 4.78 is 5.45. The molecular weight excluding hydrogens is 254 g/mol. The van der Waals surface area contributed by atoms with E-state index in [9.17, 15) is 4.79 Å². The number of carbonyl (C=O) groups excluding carboxylic acids is 1. The first kappa shape index (κ1) is 13.6. The fraction of sp³-hybridized carbons (Fsp3) is 0.667. The van der Waals surface area contributed by atoms with Gasteiger partial charge in [-0.15, -0.1) is 0 Å². The molecule has 20 heavy (non-hydrogen) atoms. The van der Waals surface area contributed by atoms with Crippen molar-refractivity contribution in [1.29, 1.82) is 0 Å². The summed E-state index contributed by atoms with van der Waals surface area (Å²) in [6, 6.07) is 2.43. The molecule has 0 radical (unpaired) electrons. The van der Waals surface area contributed by atoms with Crippen LogP contribution >= 0.6 is 0 Å². The highest BCUT2D eigenvalue weighted by molar-refractivity contribution is 5.94. The molecule has 1 unspecified atom stereocenters. The standard InChI is InChI=1S/C15H23N3O2/c16-15(19)13-3-6-17-14(13)11-2-1-7-18(10-11)12-4-8-20-9-5-12/h3,6,11-12,17H,1-2,4-5,7-10H2,(H2,16,19). The maximum absolute atomic E-state index is 11.5.